The number of benzene rings is 1. The van der Waals surface area contributed by atoms with Crippen molar-refractivity contribution < 1.29 is 19.3 Å². The van der Waals surface area contributed by atoms with Crippen LogP contribution in [0.3, 0.4) is 0 Å². The van der Waals surface area contributed by atoms with Gasteiger partial charge in [0.15, 0.2) is 0 Å². The predicted octanol–water partition coefficient (Wildman–Crippen LogP) is 2.35. The van der Waals surface area contributed by atoms with Crippen LogP contribution in [-0.2, 0) is 20.8 Å². The van der Waals surface area contributed by atoms with Gasteiger partial charge in [0.1, 0.15) is 0 Å². The molecule has 4 heteroatoms. The SMILES string of the molecule is CC(C)c1ccc(COCCOCCOCCO)cc1. The molecular weight excluding hydrogens is 256 g/mol. The molecule has 0 unspecified atom stereocenters. The van der Waals surface area contributed by atoms with Gasteiger partial charge in [-0.05, 0) is 17.0 Å². The third kappa shape index (κ3) is 7.60. The molecule has 0 spiro atoms. The first-order chi connectivity index (χ1) is 9.74. The van der Waals surface area contributed by atoms with Gasteiger partial charge in [0.2, 0.25) is 0 Å². The molecule has 0 amide bonds. The van der Waals surface area contributed by atoms with E-state index >= 15 is 0 Å². The molecule has 1 rings (SSSR count). The summed E-state index contributed by atoms with van der Waals surface area (Å²) in [4.78, 5) is 0. The topological polar surface area (TPSA) is 47.9 Å². The molecule has 1 N–H and O–H groups in total. The highest BCUT2D eigenvalue weighted by Gasteiger charge is 1.99. The summed E-state index contributed by atoms with van der Waals surface area (Å²) in [6.45, 7) is 7.59. The van der Waals surface area contributed by atoms with Gasteiger partial charge in [-0.25, -0.2) is 0 Å². The molecule has 4 nitrogen and oxygen atoms in total. The minimum absolute atomic E-state index is 0.0543. The molecule has 0 atom stereocenters. The van der Waals surface area contributed by atoms with Crippen LogP contribution in [0.2, 0.25) is 0 Å². The van der Waals surface area contributed by atoms with Crippen LogP contribution in [-0.4, -0.2) is 44.7 Å². The molecule has 20 heavy (non-hydrogen) atoms. The summed E-state index contributed by atoms with van der Waals surface area (Å²) >= 11 is 0. The summed E-state index contributed by atoms with van der Waals surface area (Å²) in [7, 11) is 0. The average Bonchev–Trinajstić information content (AvgIpc) is 2.46. The van der Waals surface area contributed by atoms with E-state index in [9.17, 15) is 0 Å². The van der Waals surface area contributed by atoms with Crippen molar-refractivity contribution in [2.24, 2.45) is 0 Å². The van der Waals surface area contributed by atoms with Crippen LogP contribution in [0.4, 0.5) is 0 Å². The average molecular weight is 282 g/mol. The monoisotopic (exact) mass is 282 g/mol. The van der Waals surface area contributed by atoms with Crippen molar-refractivity contribution >= 4 is 0 Å². The molecule has 0 aromatic heterocycles. The largest absolute Gasteiger partial charge is 0.394 e. The van der Waals surface area contributed by atoms with Gasteiger partial charge in [-0.2, -0.15) is 0 Å². The second-order valence-electron chi connectivity index (χ2n) is 4.90. The van der Waals surface area contributed by atoms with Crippen LogP contribution in [0.5, 0.6) is 0 Å². The molecule has 0 aliphatic rings. The number of aliphatic hydroxyl groups excluding tert-OH is 1. The highest BCUT2D eigenvalue weighted by atomic mass is 16.5. The van der Waals surface area contributed by atoms with Gasteiger partial charge < -0.3 is 19.3 Å². The van der Waals surface area contributed by atoms with Crippen molar-refractivity contribution in [1.82, 2.24) is 0 Å². The third-order valence-corrected chi connectivity index (χ3v) is 2.89. The maximum Gasteiger partial charge on any atom is 0.0718 e. The zero-order valence-corrected chi connectivity index (χ0v) is 12.5. The van der Waals surface area contributed by atoms with Gasteiger partial charge in [-0.1, -0.05) is 38.1 Å². The Morgan fingerprint density at radius 3 is 1.95 bits per heavy atom. The van der Waals surface area contributed by atoms with Gasteiger partial charge in [0.25, 0.3) is 0 Å². The van der Waals surface area contributed by atoms with Crippen molar-refractivity contribution in [3.05, 3.63) is 35.4 Å². The lowest BCUT2D eigenvalue weighted by Gasteiger charge is -2.08. The van der Waals surface area contributed by atoms with Gasteiger partial charge in [0.05, 0.1) is 46.2 Å². The van der Waals surface area contributed by atoms with E-state index in [1.165, 1.54) is 11.1 Å². The Morgan fingerprint density at radius 1 is 0.850 bits per heavy atom. The van der Waals surface area contributed by atoms with Crippen LogP contribution in [0.25, 0.3) is 0 Å². The van der Waals surface area contributed by atoms with E-state index < -0.39 is 0 Å². The maximum atomic E-state index is 8.51. The lowest BCUT2D eigenvalue weighted by Crippen LogP contribution is -2.10. The summed E-state index contributed by atoms with van der Waals surface area (Å²) in [5, 5.41) is 8.51. The minimum atomic E-state index is 0.0543. The van der Waals surface area contributed by atoms with Crippen molar-refractivity contribution in [3.8, 4) is 0 Å². The number of hydrogen-bond acceptors (Lipinski definition) is 4. The lowest BCUT2D eigenvalue weighted by molar-refractivity contribution is 0.00450. The quantitative estimate of drug-likeness (QED) is 0.633. The fourth-order valence-corrected chi connectivity index (χ4v) is 1.69. The highest BCUT2D eigenvalue weighted by Crippen LogP contribution is 2.14. The van der Waals surface area contributed by atoms with Crippen molar-refractivity contribution in [2.45, 2.75) is 26.4 Å². The highest BCUT2D eigenvalue weighted by molar-refractivity contribution is 5.24. The molecule has 114 valence electrons. The summed E-state index contributed by atoms with van der Waals surface area (Å²) in [6.07, 6.45) is 0. The Hall–Kier alpha value is -0.940. The zero-order valence-electron chi connectivity index (χ0n) is 12.5. The van der Waals surface area contributed by atoms with E-state index in [2.05, 4.69) is 38.1 Å². The smallest absolute Gasteiger partial charge is 0.0718 e. The van der Waals surface area contributed by atoms with E-state index in [-0.39, 0.29) is 6.61 Å². The molecule has 1 aromatic carbocycles. The molecule has 0 heterocycles. The number of aliphatic hydroxyl groups is 1. The second-order valence-corrected chi connectivity index (χ2v) is 4.90. The summed E-state index contributed by atoms with van der Waals surface area (Å²) in [5.74, 6) is 0.562. The number of rotatable bonds is 11. The Labute approximate surface area is 121 Å². The second kappa shape index (κ2) is 10.8. The van der Waals surface area contributed by atoms with Gasteiger partial charge in [-0.3, -0.25) is 0 Å². The maximum absolute atomic E-state index is 8.51. The zero-order chi connectivity index (χ0) is 14.6. The molecule has 0 fully saturated rings. The van der Waals surface area contributed by atoms with E-state index in [1.54, 1.807) is 0 Å². The number of hydrogen-bond donors (Lipinski definition) is 1. The Bertz CT molecular complexity index is 335. The van der Waals surface area contributed by atoms with Gasteiger partial charge in [0, 0.05) is 0 Å². The standard InChI is InChI=1S/C16H26O4/c1-14(2)16-5-3-15(4-6-16)13-20-12-11-19-10-9-18-8-7-17/h3-6,14,17H,7-13H2,1-2H3. The van der Waals surface area contributed by atoms with Crippen LogP contribution in [0.1, 0.15) is 30.9 Å². The first-order valence-electron chi connectivity index (χ1n) is 7.17. The van der Waals surface area contributed by atoms with Crippen molar-refractivity contribution in [1.29, 1.82) is 0 Å². The van der Waals surface area contributed by atoms with E-state index in [4.69, 9.17) is 19.3 Å². The van der Waals surface area contributed by atoms with Gasteiger partial charge in [-0.15, -0.1) is 0 Å². The summed E-state index contributed by atoms with van der Waals surface area (Å²) in [5.41, 5.74) is 2.53. The fourth-order valence-electron chi connectivity index (χ4n) is 1.69. The van der Waals surface area contributed by atoms with Crippen LogP contribution in [0, 0.1) is 0 Å². The van der Waals surface area contributed by atoms with Crippen LogP contribution < -0.4 is 0 Å². The molecule has 0 saturated heterocycles. The van der Waals surface area contributed by atoms with Crippen molar-refractivity contribution in [2.75, 3.05) is 39.6 Å². The predicted molar refractivity (Wildman–Crippen MR) is 78.9 cm³/mol. The third-order valence-electron chi connectivity index (χ3n) is 2.89. The van der Waals surface area contributed by atoms with E-state index in [0.717, 1.165) is 0 Å². The first kappa shape index (κ1) is 17.1. The first-order valence-corrected chi connectivity index (χ1v) is 7.17. The molecule has 0 radical (unpaired) electrons. The normalized spacial score (nSPS) is 11.2. The Kier molecular flexibility index (Phi) is 9.24. The van der Waals surface area contributed by atoms with Crippen LogP contribution in [0.15, 0.2) is 24.3 Å². The van der Waals surface area contributed by atoms with E-state index in [1.807, 2.05) is 0 Å². The minimum Gasteiger partial charge on any atom is -0.394 e. The molecule has 0 aliphatic carbocycles. The lowest BCUT2D eigenvalue weighted by atomic mass is 10.0. The molecule has 1 aromatic rings. The van der Waals surface area contributed by atoms with Crippen LogP contribution >= 0.6 is 0 Å². The molecular formula is C16H26O4. The molecule has 0 aliphatic heterocycles. The molecule has 0 bridgehead atoms. The Morgan fingerprint density at radius 2 is 1.40 bits per heavy atom. The Balaban J connectivity index is 2.01. The van der Waals surface area contributed by atoms with Gasteiger partial charge >= 0.3 is 0 Å². The fraction of sp³-hybridized carbons (Fsp3) is 0.625. The summed E-state index contributed by atoms with van der Waals surface area (Å²) < 4.78 is 16.0. The van der Waals surface area contributed by atoms with Crippen molar-refractivity contribution in [3.63, 3.8) is 0 Å². The summed E-state index contributed by atoms with van der Waals surface area (Å²) in [6, 6.07) is 8.52. The van der Waals surface area contributed by atoms with E-state index in [0.29, 0.717) is 45.6 Å². The molecule has 0 saturated carbocycles. The number of ether oxygens (including phenoxy) is 3.